The van der Waals surface area contributed by atoms with Crippen LogP contribution in [0.3, 0.4) is 0 Å². The Labute approximate surface area is 451 Å². The van der Waals surface area contributed by atoms with Gasteiger partial charge in [0.25, 0.3) is 0 Å². The zero-order chi connectivity index (χ0) is 52.0. The summed E-state index contributed by atoms with van der Waals surface area (Å²) >= 11 is 0. The van der Waals surface area contributed by atoms with E-state index in [1.54, 1.807) is 0 Å². The Bertz CT molecular complexity index is 1060. The maximum atomic E-state index is 12.3. The van der Waals surface area contributed by atoms with Crippen molar-refractivity contribution in [3.8, 4) is 0 Å². The Morgan fingerprint density at radius 2 is 0.514 bits per heavy atom. The molecule has 0 aromatic heterocycles. The number of unbranched alkanes of at least 4 members (excludes halogenated alkanes) is 53. The Balaban J connectivity index is 3.38. The number of carbonyl (C=O) groups excluding carboxylic acids is 2. The summed E-state index contributed by atoms with van der Waals surface area (Å²) in [5, 5.41) is 9.69. The smallest absolute Gasteiger partial charge is 0.306 e. The summed E-state index contributed by atoms with van der Waals surface area (Å²) < 4.78 is 10.8. The van der Waals surface area contributed by atoms with Crippen molar-refractivity contribution in [1.82, 2.24) is 0 Å². The highest BCUT2D eigenvalue weighted by atomic mass is 16.6. The van der Waals surface area contributed by atoms with Crippen LogP contribution in [0.2, 0.25) is 0 Å². The maximum Gasteiger partial charge on any atom is 0.306 e. The minimum atomic E-state index is -0.767. The van der Waals surface area contributed by atoms with Crippen LogP contribution < -0.4 is 0 Å². The Hall–Kier alpha value is -1.36. The highest BCUT2D eigenvalue weighted by molar-refractivity contribution is 5.70. The fourth-order valence-electron chi connectivity index (χ4n) is 10.6. The van der Waals surface area contributed by atoms with Crippen LogP contribution in [0, 0.1) is 0 Å². The number of carbonyl (C=O) groups is 2. The van der Waals surface area contributed by atoms with Crippen molar-refractivity contribution in [2.75, 3.05) is 13.2 Å². The number of hydrogen-bond acceptors (Lipinski definition) is 5. The van der Waals surface area contributed by atoms with Crippen LogP contribution >= 0.6 is 0 Å². The van der Waals surface area contributed by atoms with E-state index in [1.165, 1.54) is 327 Å². The topological polar surface area (TPSA) is 72.8 Å². The van der Waals surface area contributed by atoms with Gasteiger partial charge in [0.15, 0.2) is 6.10 Å². The van der Waals surface area contributed by atoms with E-state index in [4.69, 9.17) is 9.47 Å². The normalized spacial score (nSPS) is 12.1. The van der Waals surface area contributed by atoms with Gasteiger partial charge in [-0.3, -0.25) is 9.59 Å². The highest BCUT2D eigenvalue weighted by Crippen LogP contribution is 2.19. The lowest BCUT2D eigenvalue weighted by molar-refractivity contribution is -0.161. The molecule has 0 rings (SSSR count). The molecule has 0 aliphatic heterocycles. The zero-order valence-corrected chi connectivity index (χ0v) is 49.2. The van der Waals surface area contributed by atoms with Gasteiger partial charge in [-0.1, -0.05) is 347 Å². The summed E-state index contributed by atoms with van der Waals surface area (Å²) in [5.74, 6) is -0.562. The van der Waals surface area contributed by atoms with Crippen LogP contribution in [0.1, 0.15) is 386 Å². The van der Waals surface area contributed by atoms with Crippen molar-refractivity contribution in [1.29, 1.82) is 0 Å². The molecule has 0 aromatic rings. The number of ether oxygens (including phenoxy) is 2. The first kappa shape index (κ1) is 70.6. The summed E-state index contributed by atoms with van der Waals surface area (Å²) in [6, 6.07) is 0. The first-order valence-electron chi connectivity index (χ1n) is 33.2. The van der Waals surface area contributed by atoms with Crippen LogP contribution in [0.5, 0.6) is 0 Å². The second-order valence-electron chi connectivity index (χ2n) is 22.9. The highest BCUT2D eigenvalue weighted by Gasteiger charge is 2.16. The predicted molar refractivity (Wildman–Crippen MR) is 316 cm³/mol. The van der Waals surface area contributed by atoms with E-state index in [0.29, 0.717) is 12.8 Å². The molecule has 0 aliphatic carbocycles. The van der Waals surface area contributed by atoms with Gasteiger partial charge in [0.2, 0.25) is 0 Å². The molecular formula is C67H130O5. The molecule has 72 heavy (non-hydrogen) atoms. The van der Waals surface area contributed by atoms with Crippen LogP contribution in [-0.4, -0.2) is 36.4 Å². The minimum absolute atomic E-state index is 0.0570. The molecule has 0 bridgehead atoms. The molecule has 0 spiro atoms. The van der Waals surface area contributed by atoms with E-state index in [0.717, 1.165) is 32.1 Å². The second kappa shape index (κ2) is 63.9. The molecule has 1 unspecified atom stereocenters. The molecule has 0 saturated carbocycles. The summed E-state index contributed by atoms with van der Waals surface area (Å²) in [6.45, 7) is 4.21. The minimum Gasteiger partial charge on any atom is -0.462 e. The van der Waals surface area contributed by atoms with E-state index >= 15 is 0 Å². The van der Waals surface area contributed by atoms with Crippen molar-refractivity contribution in [3.63, 3.8) is 0 Å². The molecule has 1 atom stereocenters. The zero-order valence-electron chi connectivity index (χ0n) is 49.2. The van der Waals surface area contributed by atoms with Crippen LogP contribution in [-0.2, 0) is 19.1 Å². The second-order valence-corrected chi connectivity index (χ2v) is 22.9. The fraction of sp³-hybridized carbons (Fsp3) is 0.940. The van der Waals surface area contributed by atoms with Crippen molar-refractivity contribution in [2.45, 2.75) is 392 Å². The molecule has 0 aliphatic rings. The number of esters is 2. The van der Waals surface area contributed by atoms with Gasteiger partial charge in [0, 0.05) is 12.8 Å². The molecule has 0 radical (unpaired) electrons. The van der Waals surface area contributed by atoms with Gasteiger partial charge in [-0.05, 0) is 38.5 Å². The van der Waals surface area contributed by atoms with Gasteiger partial charge in [-0.15, -0.1) is 0 Å². The van der Waals surface area contributed by atoms with Crippen molar-refractivity contribution in [2.24, 2.45) is 0 Å². The van der Waals surface area contributed by atoms with Crippen molar-refractivity contribution < 1.29 is 24.2 Å². The number of rotatable bonds is 63. The van der Waals surface area contributed by atoms with Crippen molar-refractivity contribution in [3.05, 3.63) is 12.2 Å². The third-order valence-corrected chi connectivity index (χ3v) is 15.6. The summed E-state index contributed by atoms with van der Waals surface area (Å²) in [5.41, 5.74) is 0. The van der Waals surface area contributed by atoms with E-state index in [1.807, 2.05) is 0 Å². The van der Waals surface area contributed by atoms with Crippen molar-refractivity contribution >= 4 is 11.9 Å². The summed E-state index contributed by atoms with van der Waals surface area (Å²) in [4.78, 5) is 24.6. The van der Waals surface area contributed by atoms with E-state index < -0.39 is 6.10 Å². The fourth-order valence-corrected chi connectivity index (χ4v) is 10.6. The lowest BCUT2D eigenvalue weighted by Crippen LogP contribution is -2.28. The monoisotopic (exact) mass is 1010 g/mol. The first-order valence-corrected chi connectivity index (χ1v) is 33.2. The Morgan fingerprint density at radius 1 is 0.306 bits per heavy atom. The SMILES string of the molecule is CCCCCCCCCC/C=C\CCCCCCCCCCCCCCCCCCCC(=O)OC(CO)COC(=O)CCCCCCCCCCCCCCCCCCCCCCCCCCCCCCC. The van der Waals surface area contributed by atoms with Crippen LogP contribution in [0.15, 0.2) is 12.2 Å². The molecule has 428 valence electrons. The molecule has 1 N–H and O–H groups in total. The molecule has 5 heteroatoms. The molecular weight excluding hydrogens is 885 g/mol. The van der Waals surface area contributed by atoms with Crippen LogP contribution in [0.4, 0.5) is 0 Å². The predicted octanol–water partition coefficient (Wildman–Crippen LogP) is 22.7. The number of hydrogen-bond donors (Lipinski definition) is 1. The molecule has 0 aromatic carbocycles. The van der Waals surface area contributed by atoms with Gasteiger partial charge >= 0.3 is 11.9 Å². The quantitative estimate of drug-likeness (QED) is 0.0373. The van der Waals surface area contributed by atoms with E-state index in [9.17, 15) is 14.7 Å². The molecule has 0 fully saturated rings. The standard InChI is InChI=1S/C67H130O5/c1-3-5-7-9-11-13-15-17-19-21-23-25-27-29-31-33-35-37-39-41-43-45-47-49-51-53-55-57-59-61-66(69)71-64-65(63-68)72-67(70)62-60-58-56-54-52-50-48-46-44-42-40-38-36-34-32-30-28-26-24-22-20-18-16-14-12-10-8-6-4-2/h22,24,65,68H,3-21,23,25-64H2,1-2H3/b24-22-. The third-order valence-electron chi connectivity index (χ3n) is 15.6. The molecule has 0 amide bonds. The lowest BCUT2D eigenvalue weighted by Gasteiger charge is -2.15. The summed E-state index contributed by atoms with van der Waals surface area (Å²) in [6.07, 6.45) is 81.0. The van der Waals surface area contributed by atoms with Gasteiger partial charge in [-0.2, -0.15) is 0 Å². The number of aliphatic hydroxyl groups excluding tert-OH is 1. The largest absolute Gasteiger partial charge is 0.462 e. The first-order chi connectivity index (χ1) is 35.6. The summed E-state index contributed by atoms with van der Waals surface area (Å²) in [7, 11) is 0. The van der Waals surface area contributed by atoms with E-state index in [2.05, 4.69) is 26.0 Å². The number of aliphatic hydroxyl groups is 1. The molecule has 0 saturated heterocycles. The van der Waals surface area contributed by atoms with Gasteiger partial charge in [-0.25, -0.2) is 0 Å². The molecule has 0 heterocycles. The average Bonchev–Trinajstić information content (AvgIpc) is 3.38. The lowest BCUT2D eigenvalue weighted by atomic mass is 10.0. The molecule has 5 nitrogen and oxygen atoms in total. The van der Waals surface area contributed by atoms with Gasteiger partial charge < -0.3 is 14.6 Å². The van der Waals surface area contributed by atoms with Gasteiger partial charge in [0.05, 0.1) is 6.61 Å². The Kier molecular flexibility index (Phi) is 62.7. The number of allylic oxidation sites excluding steroid dienone is 2. The Morgan fingerprint density at radius 3 is 0.750 bits per heavy atom. The van der Waals surface area contributed by atoms with E-state index in [-0.39, 0.29) is 25.2 Å². The average molecular weight is 1020 g/mol. The maximum absolute atomic E-state index is 12.3. The van der Waals surface area contributed by atoms with Crippen LogP contribution in [0.25, 0.3) is 0 Å². The van der Waals surface area contributed by atoms with Gasteiger partial charge in [0.1, 0.15) is 6.61 Å². The third kappa shape index (κ3) is 61.2.